The molecule has 1 fully saturated rings. The second-order valence-corrected chi connectivity index (χ2v) is 8.45. The fourth-order valence-corrected chi connectivity index (χ4v) is 4.87. The van der Waals surface area contributed by atoms with Gasteiger partial charge in [0.15, 0.2) is 18.6 Å². The third-order valence-corrected chi connectivity index (χ3v) is 6.56. The maximum atomic E-state index is 13.5. The van der Waals surface area contributed by atoms with Gasteiger partial charge in [-0.3, -0.25) is 9.36 Å². The summed E-state index contributed by atoms with van der Waals surface area (Å²) in [4.78, 5) is 23.2. The zero-order valence-corrected chi connectivity index (χ0v) is 18.3. The molecule has 2 aromatic heterocycles. The van der Waals surface area contributed by atoms with E-state index < -0.39 is 22.9 Å². The Labute approximate surface area is 186 Å². The van der Waals surface area contributed by atoms with E-state index >= 15 is 0 Å². The van der Waals surface area contributed by atoms with Gasteiger partial charge < -0.3 is 14.7 Å². The van der Waals surface area contributed by atoms with Crippen LogP contribution in [-0.4, -0.2) is 53.8 Å². The van der Waals surface area contributed by atoms with E-state index in [4.69, 9.17) is 12.6 Å². The lowest BCUT2D eigenvalue weighted by Crippen LogP contribution is -2.40. The molecule has 1 aliphatic rings. The second kappa shape index (κ2) is 8.16. The van der Waals surface area contributed by atoms with Crippen molar-refractivity contribution in [1.29, 1.82) is 0 Å². The number of hydrogen-bond donors (Lipinski definition) is 1. The van der Waals surface area contributed by atoms with E-state index in [1.165, 1.54) is 19.1 Å². The minimum atomic E-state index is -4.62. The van der Waals surface area contributed by atoms with Gasteiger partial charge in [0, 0.05) is 19.5 Å². The van der Waals surface area contributed by atoms with Gasteiger partial charge in [-0.05, 0) is 24.1 Å². The third kappa shape index (κ3) is 3.80. The Morgan fingerprint density at radius 3 is 2.50 bits per heavy atom. The number of rotatable bonds is 4. The van der Waals surface area contributed by atoms with Crippen LogP contribution in [0, 0.1) is 6.92 Å². The number of nitrogens with zero attached hydrogens (tertiary/aromatic N) is 4. The lowest BCUT2D eigenvalue weighted by Gasteiger charge is -2.32. The minimum Gasteiger partial charge on any atom is -0.378 e. The van der Waals surface area contributed by atoms with Crippen molar-refractivity contribution >= 4 is 34.7 Å². The van der Waals surface area contributed by atoms with Crippen molar-refractivity contribution in [1.82, 2.24) is 14.5 Å². The van der Waals surface area contributed by atoms with Gasteiger partial charge in [-0.15, -0.1) is 0 Å². The molecule has 1 aromatic carbocycles. The molecule has 3 heterocycles. The molecule has 0 saturated carbocycles. The fraction of sp³-hybridized carbons (Fsp3) is 0.450. The quantitative estimate of drug-likeness (QED) is 0.598. The largest absolute Gasteiger partial charge is 0.416 e. The van der Waals surface area contributed by atoms with E-state index in [1.54, 1.807) is 6.92 Å². The van der Waals surface area contributed by atoms with Crippen LogP contribution >= 0.6 is 11.3 Å². The first-order valence-electron chi connectivity index (χ1n) is 9.99. The summed E-state index contributed by atoms with van der Waals surface area (Å²) >= 11 is 1.10. The molecule has 32 heavy (non-hydrogen) atoms. The van der Waals surface area contributed by atoms with Gasteiger partial charge in [-0.2, -0.15) is 18.2 Å². The first-order valence-corrected chi connectivity index (χ1v) is 10.8. The molecule has 4 rings (SSSR count). The lowest BCUT2D eigenvalue weighted by atomic mass is 9.79. The van der Waals surface area contributed by atoms with Crippen molar-refractivity contribution in [2.75, 3.05) is 31.2 Å². The van der Waals surface area contributed by atoms with Crippen molar-refractivity contribution in [3.05, 3.63) is 51.1 Å². The normalized spacial score (nSPS) is 17.0. The number of morpholine rings is 1. The monoisotopic (exact) mass is 464 g/mol. The molecule has 3 aromatic rings. The summed E-state index contributed by atoms with van der Waals surface area (Å²) in [6.45, 7) is 5.10. The summed E-state index contributed by atoms with van der Waals surface area (Å²) in [6, 6.07) is 3.43. The Balaban J connectivity index is 1.96. The molecule has 1 saturated heterocycles. The Bertz CT molecular complexity index is 1220. The highest BCUT2D eigenvalue weighted by atomic mass is 32.1. The van der Waals surface area contributed by atoms with Crippen LogP contribution in [0.3, 0.4) is 0 Å². The molecule has 1 atom stereocenters. The predicted octanol–water partition coefficient (Wildman–Crippen LogP) is 2.40. The van der Waals surface area contributed by atoms with E-state index in [2.05, 4.69) is 9.97 Å². The molecule has 2 radical (unpaired) electrons. The molecule has 0 bridgehead atoms. The third-order valence-electron chi connectivity index (χ3n) is 5.47. The Morgan fingerprint density at radius 2 is 1.88 bits per heavy atom. The number of thiazole rings is 1. The second-order valence-electron chi connectivity index (χ2n) is 7.47. The van der Waals surface area contributed by atoms with Crippen LogP contribution in [0.25, 0.3) is 10.3 Å². The molecule has 12 heteroatoms. The van der Waals surface area contributed by atoms with Crippen molar-refractivity contribution < 1.29 is 23.0 Å². The van der Waals surface area contributed by atoms with E-state index in [9.17, 15) is 23.1 Å². The molecule has 0 spiro atoms. The van der Waals surface area contributed by atoms with Crippen LogP contribution in [0.4, 0.5) is 18.3 Å². The van der Waals surface area contributed by atoms with Gasteiger partial charge in [-0.1, -0.05) is 30.4 Å². The molecule has 1 aliphatic heterocycles. The first kappa shape index (κ1) is 22.7. The summed E-state index contributed by atoms with van der Waals surface area (Å²) in [5, 5.41) is 11.9. The molecule has 0 amide bonds. The van der Waals surface area contributed by atoms with Crippen molar-refractivity contribution in [2.24, 2.45) is 0 Å². The average Bonchev–Trinajstić information content (AvgIpc) is 3.18. The Morgan fingerprint density at radius 1 is 1.22 bits per heavy atom. The van der Waals surface area contributed by atoms with Crippen LogP contribution in [0.15, 0.2) is 23.0 Å². The molecular formula is C20H20BF3N4O3S. The smallest absolute Gasteiger partial charge is 0.378 e. The number of hydrogen-bond acceptors (Lipinski definition) is 7. The first-order chi connectivity index (χ1) is 15.1. The van der Waals surface area contributed by atoms with Crippen LogP contribution in [-0.2, 0) is 23.0 Å². The number of alkyl halides is 3. The summed E-state index contributed by atoms with van der Waals surface area (Å²) in [7, 11) is 6.29. The number of ether oxygens (including phenoxy) is 1. The van der Waals surface area contributed by atoms with Gasteiger partial charge in [0.25, 0.3) is 5.56 Å². The number of aliphatic hydroxyl groups is 1. The number of anilines is 1. The molecule has 0 aliphatic carbocycles. The van der Waals surface area contributed by atoms with Crippen LogP contribution in [0.2, 0.25) is 0 Å². The Kier molecular flexibility index (Phi) is 5.80. The Hall–Kier alpha value is -2.44. The summed E-state index contributed by atoms with van der Waals surface area (Å²) in [5.74, 6) is 0.114. The zero-order valence-electron chi connectivity index (χ0n) is 17.4. The molecule has 168 valence electrons. The van der Waals surface area contributed by atoms with Crippen LogP contribution in [0.5, 0.6) is 0 Å². The van der Waals surface area contributed by atoms with E-state index in [0.29, 0.717) is 31.4 Å². The van der Waals surface area contributed by atoms with E-state index in [-0.39, 0.29) is 33.7 Å². The van der Waals surface area contributed by atoms with Crippen molar-refractivity contribution in [3.63, 3.8) is 0 Å². The number of fused-ring (bicyclic) bond motifs is 1. The van der Waals surface area contributed by atoms with Gasteiger partial charge in [0.05, 0.1) is 18.8 Å². The van der Waals surface area contributed by atoms with Gasteiger partial charge in [-0.25, -0.2) is 4.98 Å². The average molecular weight is 464 g/mol. The topological polar surface area (TPSA) is 80.5 Å². The summed E-state index contributed by atoms with van der Waals surface area (Å²) < 4.78 is 47.1. The van der Waals surface area contributed by atoms with Gasteiger partial charge >= 0.3 is 6.18 Å². The highest BCUT2D eigenvalue weighted by Crippen LogP contribution is 2.37. The zero-order chi connectivity index (χ0) is 23.3. The summed E-state index contributed by atoms with van der Waals surface area (Å²) in [6.07, 6.45) is -4.42. The maximum Gasteiger partial charge on any atom is 0.416 e. The fourth-order valence-electron chi connectivity index (χ4n) is 3.88. The number of aryl methyl sites for hydroxylation is 1. The molecule has 7 nitrogen and oxygen atoms in total. The molecule has 1 unspecified atom stereocenters. The van der Waals surface area contributed by atoms with Crippen LogP contribution < -0.4 is 10.5 Å². The standard InChI is InChI=1S/C20H20BF3N4O3S/c1-3-14-25-17(29)15-16(26-18(32-15)27-7-9-31-10-8-27)28(14)19(21,30)12-5-4-6-13(11(12)2)20(22,23)24/h4-6,30H,3,7-10H2,1-2H3. The highest BCUT2D eigenvalue weighted by Gasteiger charge is 2.38. The van der Waals surface area contributed by atoms with Crippen molar-refractivity contribution in [3.8, 4) is 0 Å². The molecular weight excluding hydrogens is 444 g/mol. The molecule has 1 N–H and O–H groups in total. The number of benzene rings is 1. The lowest BCUT2D eigenvalue weighted by molar-refractivity contribution is -0.138. The minimum absolute atomic E-state index is 0.0788. The van der Waals surface area contributed by atoms with Crippen LogP contribution in [0.1, 0.15) is 29.4 Å². The maximum absolute atomic E-state index is 13.5. The van der Waals surface area contributed by atoms with Gasteiger partial charge in [0.1, 0.15) is 16.1 Å². The van der Waals surface area contributed by atoms with Crippen molar-refractivity contribution in [2.45, 2.75) is 32.1 Å². The van der Waals surface area contributed by atoms with E-state index in [1.807, 2.05) is 4.90 Å². The van der Waals surface area contributed by atoms with E-state index in [0.717, 1.165) is 22.0 Å². The summed E-state index contributed by atoms with van der Waals surface area (Å²) in [5.41, 5.74) is -4.16. The highest BCUT2D eigenvalue weighted by molar-refractivity contribution is 7.22. The van der Waals surface area contributed by atoms with Gasteiger partial charge in [0.2, 0.25) is 0 Å². The number of halogens is 3. The SMILES string of the molecule is [B]C(O)(c1cccc(C(F)(F)F)c1C)n1c(CC)nc(=O)c2sc(N3CCOCC3)nc21. The predicted molar refractivity (Wildman–Crippen MR) is 115 cm³/mol. The number of aromatic nitrogens is 3.